The lowest BCUT2D eigenvalue weighted by Crippen LogP contribution is -2.30. The van der Waals surface area contributed by atoms with Crippen LogP contribution in [0, 0.1) is 0 Å². The highest BCUT2D eigenvalue weighted by Crippen LogP contribution is 1.94. The molecule has 0 aliphatic rings. The van der Waals surface area contributed by atoms with Crippen LogP contribution < -0.4 is 0 Å². The van der Waals surface area contributed by atoms with Crippen LogP contribution in [0.25, 0.3) is 0 Å². The second-order valence-corrected chi connectivity index (χ2v) is 4.05. The third-order valence-corrected chi connectivity index (χ3v) is 2.78. The van der Waals surface area contributed by atoms with Crippen molar-refractivity contribution in [3.05, 3.63) is 37.5 Å². The van der Waals surface area contributed by atoms with Crippen LogP contribution in [0.1, 0.15) is 13.8 Å². The van der Waals surface area contributed by atoms with E-state index in [4.69, 9.17) is 0 Å². The fourth-order valence-electron chi connectivity index (χ4n) is 1.52. The smallest absolute Gasteiger partial charge is 0.246 e. The van der Waals surface area contributed by atoms with Crippen molar-refractivity contribution in [2.75, 3.05) is 32.7 Å². The number of nitrogens with zero attached hydrogens (tertiary/aromatic N) is 2. The summed E-state index contributed by atoms with van der Waals surface area (Å²) in [6.07, 6.45) is 6.57. The van der Waals surface area contributed by atoms with E-state index in [1.54, 1.807) is 4.90 Å². The molecule has 0 aromatic rings. The van der Waals surface area contributed by atoms with Crippen molar-refractivity contribution < 1.29 is 9.59 Å². The average Bonchev–Trinajstić information content (AvgIpc) is 2.44. The van der Waals surface area contributed by atoms with Crippen molar-refractivity contribution >= 4 is 11.7 Å². The highest BCUT2D eigenvalue weighted by molar-refractivity contribution is 5.90. The SMILES string of the molecule is C=CC(=O)CN(CC)C/C=C/CN(CC)C(=O)C=C. The Bertz CT molecular complexity index is 348. The number of likely N-dealkylation sites (N-methyl/N-ethyl adjacent to an activating group) is 2. The molecule has 0 aliphatic carbocycles. The van der Waals surface area contributed by atoms with Crippen LogP contribution in [0.4, 0.5) is 0 Å². The number of amides is 1. The molecule has 0 bridgehead atoms. The molecule has 0 spiro atoms. The molecule has 0 N–H and O–H groups in total. The van der Waals surface area contributed by atoms with Crippen LogP contribution in [0.3, 0.4) is 0 Å². The van der Waals surface area contributed by atoms with E-state index in [0.717, 1.165) is 6.54 Å². The van der Waals surface area contributed by atoms with Crippen molar-refractivity contribution in [2.24, 2.45) is 0 Å². The van der Waals surface area contributed by atoms with Crippen LogP contribution >= 0.6 is 0 Å². The molecule has 0 saturated carbocycles. The molecule has 106 valence electrons. The lowest BCUT2D eigenvalue weighted by molar-refractivity contribution is -0.125. The third-order valence-electron chi connectivity index (χ3n) is 2.78. The first-order chi connectivity index (χ1) is 9.08. The van der Waals surface area contributed by atoms with Gasteiger partial charge in [-0.25, -0.2) is 0 Å². The number of hydrogen-bond acceptors (Lipinski definition) is 3. The van der Waals surface area contributed by atoms with Gasteiger partial charge in [0.2, 0.25) is 5.91 Å². The summed E-state index contributed by atoms with van der Waals surface area (Å²) in [4.78, 5) is 26.4. The van der Waals surface area contributed by atoms with Gasteiger partial charge in [0, 0.05) is 19.6 Å². The Morgan fingerprint density at radius 1 is 1.00 bits per heavy atom. The Morgan fingerprint density at radius 2 is 1.63 bits per heavy atom. The van der Waals surface area contributed by atoms with E-state index in [1.807, 2.05) is 30.9 Å². The van der Waals surface area contributed by atoms with E-state index in [9.17, 15) is 9.59 Å². The molecule has 0 radical (unpaired) electrons. The van der Waals surface area contributed by atoms with E-state index in [1.165, 1.54) is 12.2 Å². The Kier molecular flexibility index (Phi) is 9.35. The normalized spacial score (nSPS) is 10.7. The molecule has 4 heteroatoms. The van der Waals surface area contributed by atoms with E-state index < -0.39 is 0 Å². The van der Waals surface area contributed by atoms with E-state index in [0.29, 0.717) is 26.2 Å². The topological polar surface area (TPSA) is 40.6 Å². The summed E-state index contributed by atoms with van der Waals surface area (Å²) in [6, 6.07) is 0. The van der Waals surface area contributed by atoms with Crippen molar-refractivity contribution in [3.8, 4) is 0 Å². The standard InChI is InChI=1S/C15H24N2O2/c1-5-14(18)13-16(7-3)11-9-10-12-17(8-4)15(19)6-2/h5-6,9-10H,1-2,7-8,11-13H2,3-4H3/b10-9+. The first-order valence-electron chi connectivity index (χ1n) is 6.52. The second-order valence-electron chi connectivity index (χ2n) is 4.05. The quantitative estimate of drug-likeness (QED) is 0.445. The molecule has 0 aliphatic heterocycles. The summed E-state index contributed by atoms with van der Waals surface area (Å²) in [7, 11) is 0. The van der Waals surface area contributed by atoms with Gasteiger partial charge in [0.1, 0.15) is 0 Å². The monoisotopic (exact) mass is 264 g/mol. The van der Waals surface area contributed by atoms with E-state index >= 15 is 0 Å². The highest BCUT2D eigenvalue weighted by atomic mass is 16.2. The Labute approximate surface area is 116 Å². The molecule has 0 aromatic carbocycles. The van der Waals surface area contributed by atoms with Crippen LogP contribution in [0.5, 0.6) is 0 Å². The van der Waals surface area contributed by atoms with Gasteiger partial charge in [-0.2, -0.15) is 0 Å². The molecule has 0 atom stereocenters. The molecule has 0 fully saturated rings. The van der Waals surface area contributed by atoms with Crippen molar-refractivity contribution in [3.63, 3.8) is 0 Å². The Balaban J connectivity index is 4.18. The third kappa shape index (κ3) is 7.36. The van der Waals surface area contributed by atoms with Crippen molar-refractivity contribution in [2.45, 2.75) is 13.8 Å². The lowest BCUT2D eigenvalue weighted by Gasteiger charge is -2.18. The minimum atomic E-state index is -0.0682. The zero-order valence-electron chi connectivity index (χ0n) is 12.0. The number of carbonyl (C=O) groups is 2. The molecule has 0 saturated heterocycles. The molecule has 0 aromatic heterocycles. The van der Waals surface area contributed by atoms with Gasteiger partial charge in [-0.3, -0.25) is 14.5 Å². The number of ketones is 1. The Hall–Kier alpha value is -1.68. The van der Waals surface area contributed by atoms with Gasteiger partial charge in [-0.15, -0.1) is 0 Å². The first kappa shape index (κ1) is 17.3. The number of rotatable bonds is 10. The zero-order valence-corrected chi connectivity index (χ0v) is 12.0. The largest absolute Gasteiger partial charge is 0.336 e. The van der Waals surface area contributed by atoms with Crippen molar-refractivity contribution in [1.29, 1.82) is 0 Å². The van der Waals surface area contributed by atoms with Crippen LogP contribution in [0.2, 0.25) is 0 Å². The van der Waals surface area contributed by atoms with E-state index in [2.05, 4.69) is 13.2 Å². The van der Waals surface area contributed by atoms with Gasteiger partial charge in [0.25, 0.3) is 0 Å². The molecule has 19 heavy (non-hydrogen) atoms. The summed E-state index contributed by atoms with van der Waals surface area (Å²) >= 11 is 0. The van der Waals surface area contributed by atoms with E-state index in [-0.39, 0.29) is 11.7 Å². The Morgan fingerprint density at radius 3 is 2.11 bits per heavy atom. The molecule has 0 heterocycles. The summed E-state index contributed by atoms with van der Waals surface area (Å²) < 4.78 is 0. The molecule has 0 unspecified atom stereocenters. The maximum absolute atomic E-state index is 11.4. The van der Waals surface area contributed by atoms with Gasteiger partial charge < -0.3 is 4.90 Å². The molecule has 0 rings (SSSR count). The second kappa shape index (κ2) is 10.3. The van der Waals surface area contributed by atoms with Crippen molar-refractivity contribution in [1.82, 2.24) is 9.80 Å². The van der Waals surface area contributed by atoms with Crippen LogP contribution in [-0.2, 0) is 9.59 Å². The van der Waals surface area contributed by atoms with Crippen LogP contribution in [0.15, 0.2) is 37.5 Å². The molecular weight excluding hydrogens is 240 g/mol. The zero-order chi connectivity index (χ0) is 14.7. The summed E-state index contributed by atoms with van der Waals surface area (Å²) in [6.45, 7) is 14.0. The summed E-state index contributed by atoms with van der Waals surface area (Å²) in [5.41, 5.74) is 0. The molecule has 1 amide bonds. The van der Waals surface area contributed by atoms with Gasteiger partial charge in [-0.1, -0.05) is 32.2 Å². The summed E-state index contributed by atoms with van der Waals surface area (Å²) in [5.74, 6) is -0.0476. The minimum absolute atomic E-state index is 0.0206. The minimum Gasteiger partial charge on any atom is -0.336 e. The summed E-state index contributed by atoms with van der Waals surface area (Å²) in [5, 5.41) is 0. The van der Waals surface area contributed by atoms with Gasteiger partial charge in [0.15, 0.2) is 5.78 Å². The van der Waals surface area contributed by atoms with Gasteiger partial charge in [0.05, 0.1) is 6.54 Å². The fourth-order valence-corrected chi connectivity index (χ4v) is 1.52. The number of carbonyl (C=O) groups excluding carboxylic acids is 2. The fraction of sp³-hybridized carbons (Fsp3) is 0.467. The van der Waals surface area contributed by atoms with Crippen LogP contribution in [-0.4, -0.2) is 54.2 Å². The maximum Gasteiger partial charge on any atom is 0.246 e. The average molecular weight is 264 g/mol. The molecular formula is C15H24N2O2. The lowest BCUT2D eigenvalue weighted by atomic mass is 10.3. The van der Waals surface area contributed by atoms with Gasteiger partial charge >= 0.3 is 0 Å². The predicted octanol–water partition coefficient (Wildman–Crippen LogP) is 1.65. The predicted molar refractivity (Wildman–Crippen MR) is 78.9 cm³/mol. The maximum atomic E-state index is 11.4. The first-order valence-corrected chi connectivity index (χ1v) is 6.52. The van der Waals surface area contributed by atoms with Gasteiger partial charge in [-0.05, 0) is 25.6 Å². The highest BCUT2D eigenvalue weighted by Gasteiger charge is 2.06. The molecule has 4 nitrogen and oxygen atoms in total. The number of hydrogen-bond donors (Lipinski definition) is 0.